The Morgan fingerprint density at radius 3 is 2.64 bits per heavy atom. The molecular weight excluding hydrogens is 182 g/mol. The average Bonchev–Trinajstić information content (AvgIpc) is 2.19. The van der Waals surface area contributed by atoms with Crippen LogP contribution in [0.15, 0.2) is 12.2 Å². The number of hydrogen-bond donors (Lipinski definition) is 1. The van der Waals surface area contributed by atoms with Crippen molar-refractivity contribution in [2.24, 2.45) is 0 Å². The second kappa shape index (κ2) is 5.78. The van der Waals surface area contributed by atoms with Gasteiger partial charge in [0.1, 0.15) is 0 Å². The molecule has 0 bridgehead atoms. The minimum absolute atomic E-state index is 0.304. The quantitative estimate of drug-likeness (QED) is 0.663. The minimum Gasteiger partial charge on any atom is -0.478 e. The van der Waals surface area contributed by atoms with Crippen LogP contribution in [-0.2, 0) is 9.53 Å². The lowest BCUT2D eigenvalue weighted by Crippen LogP contribution is -2.36. The van der Waals surface area contributed by atoms with Gasteiger partial charge in [-0.05, 0) is 19.4 Å². The fourth-order valence-corrected chi connectivity index (χ4v) is 1.45. The zero-order chi connectivity index (χ0) is 10.4. The Morgan fingerprint density at radius 2 is 2.07 bits per heavy atom. The van der Waals surface area contributed by atoms with Crippen LogP contribution in [0.2, 0.25) is 0 Å². The number of morpholine rings is 1. The third-order valence-corrected chi connectivity index (χ3v) is 2.36. The van der Waals surface area contributed by atoms with Gasteiger partial charge in [-0.1, -0.05) is 6.58 Å². The average molecular weight is 199 g/mol. The van der Waals surface area contributed by atoms with Gasteiger partial charge in [-0.25, -0.2) is 4.79 Å². The summed E-state index contributed by atoms with van der Waals surface area (Å²) >= 11 is 0. The number of rotatable bonds is 5. The summed E-state index contributed by atoms with van der Waals surface area (Å²) < 4.78 is 5.21. The summed E-state index contributed by atoms with van der Waals surface area (Å²) in [6.45, 7) is 7.93. The minimum atomic E-state index is -0.882. The van der Waals surface area contributed by atoms with Crippen molar-refractivity contribution in [3.05, 3.63) is 12.2 Å². The topological polar surface area (TPSA) is 49.8 Å². The number of hydrogen-bond acceptors (Lipinski definition) is 3. The van der Waals surface area contributed by atoms with Gasteiger partial charge in [0.25, 0.3) is 0 Å². The molecule has 0 amide bonds. The molecule has 1 fully saturated rings. The molecule has 0 radical (unpaired) electrons. The van der Waals surface area contributed by atoms with Crippen molar-refractivity contribution < 1.29 is 14.6 Å². The molecule has 0 aromatic rings. The molecular formula is C10H17NO3. The number of ether oxygens (including phenoxy) is 1. The van der Waals surface area contributed by atoms with E-state index in [4.69, 9.17) is 9.84 Å². The van der Waals surface area contributed by atoms with E-state index in [-0.39, 0.29) is 0 Å². The normalized spacial score (nSPS) is 18.0. The largest absolute Gasteiger partial charge is 0.478 e. The second-order valence-corrected chi connectivity index (χ2v) is 3.47. The van der Waals surface area contributed by atoms with Gasteiger partial charge >= 0.3 is 5.97 Å². The zero-order valence-electron chi connectivity index (χ0n) is 8.37. The van der Waals surface area contributed by atoms with Crippen molar-refractivity contribution in [2.45, 2.75) is 12.8 Å². The van der Waals surface area contributed by atoms with Crippen LogP contribution in [0.5, 0.6) is 0 Å². The lowest BCUT2D eigenvalue weighted by Gasteiger charge is -2.26. The highest BCUT2D eigenvalue weighted by atomic mass is 16.5. The summed E-state index contributed by atoms with van der Waals surface area (Å²) in [7, 11) is 0. The first kappa shape index (κ1) is 11.2. The third kappa shape index (κ3) is 3.89. The van der Waals surface area contributed by atoms with Crippen molar-refractivity contribution in [3.8, 4) is 0 Å². The first-order valence-electron chi connectivity index (χ1n) is 4.91. The van der Waals surface area contributed by atoms with Crippen LogP contribution in [0.1, 0.15) is 12.8 Å². The second-order valence-electron chi connectivity index (χ2n) is 3.47. The lowest BCUT2D eigenvalue weighted by molar-refractivity contribution is -0.132. The van der Waals surface area contributed by atoms with Gasteiger partial charge in [0.05, 0.1) is 13.2 Å². The zero-order valence-corrected chi connectivity index (χ0v) is 8.37. The van der Waals surface area contributed by atoms with Gasteiger partial charge in [-0.3, -0.25) is 4.90 Å². The van der Waals surface area contributed by atoms with Crippen LogP contribution < -0.4 is 0 Å². The van der Waals surface area contributed by atoms with E-state index in [2.05, 4.69) is 11.5 Å². The van der Waals surface area contributed by atoms with E-state index in [1.807, 2.05) is 0 Å². The highest BCUT2D eigenvalue weighted by Crippen LogP contribution is 2.05. The smallest absolute Gasteiger partial charge is 0.330 e. The third-order valence-electron chi connectivity index (χ3n) is 2.36. The molecule has 0 unspecified atom stereocenters. The summed E-state index contributed by atoms with van der Waals surface area (Å²) in [5.41, 5.74) is 0.304. The first-order chi connectivity index (χ1) is 6.70. The van der Waals surface area contributed by atoms with Crippen molar-refractivity contribution in [3.63, 3.8) is 0 Å². The summed E-state index contributed by atoms with van der Waals surface area (Å²) in [6, 6.07) is 0. The molecule has 0 aliphatic carbocycles. The van der Waals surface area contributed by atoms with E-state index in [0.29, 0.717) is 12.0 Å². The Morgan fingerprint density at radius 1 is 1.43 bits per heavy atom. The van der Waals surface area contributed by atoms with Gasteiger partial charge in [-0.2, -0.15) is 0 Å². The van der Waals surface area contributed by atoms with Crippen molar-refractivity contribution >= 4 is 5.97 Å². The monoisotopic (exact) mass is 199 g/mol. The highest BCUT2D eigenvalue weighted by Gasteiger charge is 2.10. The Kier molecular flexibility index (Phi) is 4.62. The van der Waals surface area contributed by atoms with Gasteiger partial charge in [-0.15, -0.1) is 0 Å². The Hall–Kier alpha value is -0.870. The maximum atomic E-state index is 10.4. The molecule has 0 aromatic carbocycles. The molecule has 1 aliphatic heterocycles. The fraction of sp³-hybridized carbons (Fsp3) is 0.700. The molecule has 80 valence electrons. The van der Waals surface area contributed by atoms with E-state index in [9.17, 15) is 4.79 Å². The Bertz CT molecular complexity index is 209. The molecule has 1 N–H and O–H groups in total. The molecule has 0 saturated carbocycles. The molecule has 4 nitrogen and oxygen atoms in total. The van der Waals surface area contributed by atoms with E-state index >= 15 is 0 Å². The van der Waals surface area contributed by atoms with Gasteiger partial charge in [0, 0.05) is 18.7 Å². The van der Waals surface area contributed by atoms with E-state index in [1.165, 1.54) is 0 Å². The Balaban J connectivity index is 2.08. The molecule has 0 aromatic heterocycles. The standard InChI is InChI=1S/C10H17NO3/c1-9(10(12)13)3-2-4-11-5-7-14-8-6-11/h1-8H2,(H,12,13). The maximum Gasteiger partial charge on any atom is 0.330 e. The number of nitrogens with zero attached hydrogens (tertiary/aromatic N) is 1. The molecule has 14 heavy (non-hydrogen) atoms. The van der Waals surface area contributed by atoms with Gasteiger partial charge in [0.15, 0.2) is 0 Å². The van der Waals surface area contributed by atoms with Crippen LogP contribution in [0.3, 0.4) is 0 Å². The van der Waals surface area contributed by atoms with E-state index < -0.39 is 5.97 Å². The molecule has 1 aliphatic rings. The lowest BCUT2D eigenvalue weighted by atomic mass is 10.1. The SMILES string of the molecule is C=C(CCCN1CCOCC1)C(=O)O. The van der Waals surface area contributed by atoms with Gasteiger partial charge < -0.3 is 9.84 Å². The van der Waals surface area contributed by atoms with Crippen LogP contribution in [0.25, 0.3) is 0 Å². The number of carboxylic acid groups (broad SMARTS) is 1. The van der Waals surface area contributed by atoms with Crippen LogP contribution >= 0.6 is 0 Å². The number of carboxylic acids is 1. The number of carbonyl (C=O) groups is 1. The predicted molar refractivity (Wildman–Crippen MR) is 53.3 cm³/mol. The summed E-state index contributed by atoms with van der Waals surface area (Å²) in [4.78, 5) is 12.7. The molecule has 1 saturated heterocycles. The first-order valence-corrected chi connectivity index (χ1v) is 4.91. The summed E-state index contributed by atoms with van der Waals surface area (Å²) in [5, 5.41) is 8.59. The Labute approximate surface area is 84.2 Å². The molecule has 1 rings (SSSR count). The van der Waals surface area contributed by atoms with Crippen molar-refractivity contribution in [1.82, 2.24) is 4.90 Å². The van der Waals surface area contributed by atoms with Crippen molar-refractivity contribution in [2.75, 3.05) is 32.8 Å². The van der Waals surface area contributed by atoms with Crippen LogP contribution in [0.4, 0.5) is 0 Å². The molecule has 0 atom stereocenters. The van der Waals surface area contributed by atoms with Crippen molar-refractivity contribution in [1.29, 1.82) is 0 Å². The molecule has 1 heterocycles. The predicted octanol–water partition coefficient (Wildman–Crippen LogP) is 0.740. The van der Waals surface area contributed by atoms with Crippen LogP contribution in [-0.4, -0.2) is 48.8 Å². The van der Waals surface area contributed by atoms with Crippen LogP contribution in [0, 0.1) is 0 Å². The van der Waals surface area contributed by atoms with E-state index in [1.54, 1.807) is 0 Å². The summed E-state index contributed by atoms with van der Waals surface area (Å²) in [5.74, 6) is -0.882. The fourth-order valence-electron chi connectivity index (χ4n) is 1.45. The summed E-state index contributed by atoms with van der Waals surface area (Å²) in [6.07, 6.45) is 1.44. The number of aliphatic carboxylic acids is 1. The van der Waals surface area contributed by atoms with Gasteiger partial charge in [0.2, 0.25) is 0 Å². The maximum absolute atomic E-state index is 10.4. The van der Waals surface area contributed by atoms with E-state index in [0.717, 1.165) is 39.3 Å². The highest BCUT2D eigenvalue weighted by molar-refractivity contribution is 5.85. The molecule has 4 heteroatoms. The molecule has 0 spiro atoms.